The summed E-state index contributed by atoms with van der Waals surface area (Å²) in [7, 11) is 0. The van der Waals surface area contributed by atoms with E-state index < -0.39 is 0 Å². The lowest BCUT2D eigenvalue weighted by Gasteiger charge is -2.34. The number of aryl methyl sites for hydroxylation is 1. The molecule has 1 N–H and O–H groups in total. The van der Waals surface area contributed by atoms with Crippen molar-refractivity contribution < 1.29 is 9.59 Å². The predicted molar refractivity (Wildman–Crippen MR) is 101 cm³/mol. The summed E-state index contributed by atoms with van der Waals surface area (Å²) < 4.78 is 0. The Labute approximate surface area is 153 Å². The maximum atomic E-state index is 12.3. The Kier molecular flexibility index (Phi) is 6.19. The van der Waals surface area contributed by atoms with E-state index in [9.17, 15) is 9.59 Å². The minimum Gasteiger partial charge on any atom is -0.368 e. The van der Waals surface area contributed by atoms with E-state index in [1.807, 2.05) is 30.3 Å². The number of carbonyl (C=O) groups is 2. The molecule has 2 amide bonds. The molecule has 136 valence electrons. The van der Waals surface area contributed by atoms with Crippen LogP contribution in [-0.4, -0.2) is 54.9 Å². The molecule has 1 aliphatic rings. The van der Waals surface area contributed by atoms with E-state index in [1.165, 1.54) is 5.56 Å². The zero-order valence-corrected chi connectivity index (χ0v) is 14.8. The van der Waals surface area contributed by atoms with Gasteiger partial charge < -0.3 is 15.1 Å². The van der Waals surface area contributed by atoms with Gasteiger partial charge in [-0.15, -0.1) is 0 Å². The molecular formula is C20H24N4O2. The first-order valence-corrected chi connectivity index (χ1v) is 8.99. The predicted octanol–water partition coefficient (Wildman–Crippen LogP) is 1.72. The first-order chi connectivity index (χ1) is 12.8. The Bertz CT molecular complexity index is 728. The number of anilines is 1. The average molecular weight is 352 g/mol. The van der Waals surface area contributed by atoms with Crippen LogP contribution in [0.25, 0.3) is 0 Å². The number of piperazine rings is 1. The van der Waals surface area contributed by atoms with Crippen LogP contribution in [-0.2, 0) is 11.2 Å². The van der Waals surface area contributed by atoms with Crippen molar-refractivity contribution in [3.8, 4) is 0 Å². The van der Waals surface area contributed by atoms with Crippen molar-refractivity contribution in [3.63, 3.8) is 0 Å². The first-order valence-electron chi connectivity index (χ1n) is 8.99. The molecule has 3 rings (SSSR count). The molecule has 0 saturated carbocycles. The van der Waals surface area contributed by atoms with Crippen molar-refractivity contribution in [2.45, 2.75) is 12.8 Å². The van der Waals surface area contributed by atoms with Gasteiger partial charge in [0.1, 0.15) is 5.69 Å². The number of rotatable bonds is 7. The van der Waals surface area contributed by atoms with Gasteiger partial charge in [-0.05, 0) is 30.5 Å². The van der Waals surface area contributed by atoms with Crippen LogP contribution < -0.4 is 10.2 Å². The Hall–Kier alpha value is -2.89. The summed E-state index contributed by atoms with van der Waals surface area (Å²) in [6, 6.07) is 14.0. The molecule has 0 aliphatic carbocycles. The van der Waals surface area contributed by atoms with Crippen LogP contribution in [0.15, 0.2) is 48.7 Å². The minimum atomic E-state index is -0.147. The molecule has 2 aromatic rings. The quantitative estimate of drug-likeness (QED) is 0.609. The molecule has 1 saturated heterocycles. The number of pyridine rings is 1. The first kappa shape index (κ1) is 17.9. The van der Waals surface area contributed by atoms with Crippen molar-refractivity contribution in [2.24, 2.45) is 0 Å². The van der Waals surface area contributed by atoms with Crippen LogP contribution in [0.4, 0.5) is 5.69 Å². The lowest BCUT2D eigenvalue weighted by Crippen LogP contribution is -2.45. The van der Waals surface area contributed by atoms with Crippen molar-refractivity contribution in [2.75, 3.05) is 37.6 Å². The van der Waals surface area contributed by atoms with E-state index >= 15 is 0 Å². The number of carbonyl (C=O) groups excluding carboxylic acids is 2. The SMILES string of the molecule is O=CN1CCN(c2ccnc(C(=O)NCCCc3ccccc3)c2)CC1. The standard InChI is InChI=1S/C20H24N4O2/c25-16-23-11-13-24(14-12-23)18-8-10-21-19(15-18)20(26)22-9-4-7-17-5-2-1-3-6-17/h1-3,5-6,8,10,15-16H,4,7,9,11-14H2,(H,22,26). The van der Waals surface area contributed by atoms with Crippen molar-refractivity contribution in [3.05, 3.63) is 59.9 Å². The summed E-state index contributed by atoms with van der Waals surface area (Å²) in [4.78, 5) is 31.3. The van der Waals surface area contributed by atoms with Gasteiger partial charge in [-0.25, -0.2) is 0 Å². The van der Waals surface area contributed by atoms with Crippen LogP contribution in [0.5, 0.6) is 0 Å². The fourth-order valence-corrected chi connectivity index (χ4v) is 3.06. The summed E-state index contributed by atoms with van der Waals surface area (Å²) in [6.07, 6.45) is 4.39. The van der Waals surface area contributed by atoms with Gasteiger partial charge in [-0.2, -0.15) is 0 Å². The Balaban J connectivity index is 1.49. The Morgan fingerprint density at radius 1 is 1.12 bits per heavy atom. The number of hydrogen-bond acceptors (Lipinski definition) is 4. The van der Waals surface area contributed by atoms with Crippen LogP contribution in [0.1, 0.15) is 22.5 Å². The van der Waals surface area contributed by atoms with Gasteiger partial charge >= 0.3 is 0 Å². The molecule has 1 aliphatic heterocycles. The third-order valence-electron chi connectivity index (χ3n) is 4.58. The molecule has 0 spiro atoms. The third kappa shape index (κ3) is 4.81. The number of nitrogens with zero attached hydrogens (tertiary/aromatic N) is 3. The summed E-state index contributed by atoms with van der Waals surface area (Å²) in [5, 5.41) is 2.94. The molecule has 1 aromatic carbocycles. The topological polar surface area (TPSA) is 65.5 Å². The Morgan fingerprint density at radius 3 is 2.62 bits per heavy atom. The molecule has 0 bridgehead atoms. The van der Waals surface area contributed by atoms with E-state index in [4.69, 9.17) is 0 Å². The molecular weight excluding hydrogens is 328 g/mol. The van der Waals surface area contributed by atoms with E-state index in [-0.39, 0.29) is 5.91 Å². The summed E-state index contributed by atoms with van der Waals surface area (Å²) in [5.41, 5.74) is 2.68. The van der Waals surface area contributed by atoms with Crippen LogP contribution in [0, 0.1) is 0 Å². The summed E-state index contributed by atoms with van der Waals surface area (Å²) in [5.74, 6) is -0.147. The van der Waals surface area contributed by atoms with E-state index in [2.05, 4.69) is 27.3 Å². The molecule has 6 nitrogen and oxygen atoms in total. The number of amides is 2. The smallest absolute Gasteiger partial charge is 0.269 e. The molecule has 0 unspecified atom stereocenters. The average Bonchev–Trinajstić information content (AvgIpc) is 2.72. The maximum absolute atomic E-state index is 12.3. The largest absolute Gasteiger partial charge is 0.368 e. The van der Waals surface area contributed by atoms with E-state index in [1.54, 1.807) is 11.1 Å². The van der Waals surface area contributed by atoms with Gasteiger partial charge in [0.15, 0.2) is 0 Å². The second-order valence-corrected chi connectivity index (χ2v) is 6.37. The molecule has 1 fully saturated rings. The van der Waals surface area contributed by atoms with Gasteiger partial charge in [0.25, 0.3) is 5.91 Å². The van der Waals surface area contributed by atoms with Crippen molar-refractivity contribution in [1.29, 1.82) is 0 Å². The number of aromatic nitrogens is 1. The van der Waals surface area contributed by atoms with Gasteiger partial charge in [-0.3, -0.25) is 14.6 Å². The second-order valence-electron chi connectivity index (χ2n) is 6.37. The number of benzene rings is 1. The monoisotopic (exact) mass is 352 g/mol. The van der Waals surface area contributed by atoms with Crippen LogP contribution in [0.3, 0.4) is 0 Å². The highest BCUT2D eigenvalue weighted by Crippen LogP contribution is 2.16. The molecule has 0 atom stereocenters. The van der Waals surface area contributed by atoms with Crippen molar-refractivity contribution in [1.82, 2.24) is 15.2 Å². The Morgan fingerprint density at radius 2 is 1.88 bits per heavy atom. The van der Waals surface area contributed by atoms with Crippen LogP contribution in [0.2, 0.25) is 0 Å². The van der Waals surface area contributed by atoms with Crippen LogP contribution >= 0.6 is 0 Å². The van der Waals surface area contributed by atoms with Gasteiger partial charge in [0.2, 0.25) is 6.41 Å². The number of hydrogen-bond donors (Lipinski definition) is 1. The maximum Gasteiger partial charge on any atom is 0.269 e. The van der Waals surface area contributed by atoms with E-state index in [0.29, 0.717) is 25.3 Å². The highest BCUT2D eigenvalue weighted by atomic mass is 16.2. The highest BCUT2D eigenvalue weighted by molar-refractivity contribution is 5.93. The molecule has 6 heteroatoms. The molecule has 0 radical (unpaired) electrons. The summed E-state index contributed by atoms with van der Waals surface area (Å²) in [6.45, 7) is 3.55. The normalized spacial score (nSPS) is 14.2. The molecule has 2 heterocycles. The fraction of sp³-hybridized carbons (Fsp3) is 0.350. The zero-order valence-electron chi connectivity index (χ0n) is 14.8. The molecule has 1 aromatic heterocycles. The minimum absolute atomic E-state index is 0.147. The van der Waals surface area contributed by atoms with Gasteiger partial charge in [-0.1, -0.05) is 30.3 Å². The zero-order chi connectivity index (χ0) is 18.2. The highest BCUT2D eigenvalue weighted by Gasteiger charge is 2.17. The lowest BCUT2D eigenvalue weighted by atomic mass is 10.1. The number of nitrogens with one attached hydrogen (secondary N) is 1. The van der Waals surface area contributed by atoms with Crippen molar-refractivity contribution >= 4 is 18.0 Å². The van der Waals surface area contributed by atoms with Gasteiger partial charge in [0, 0.05) is 44.6 Å². The molecule has 26 heavy (non-hydrogen) atoms. The second kappa shape index (κ2) is 8.99. The lowest BCUT2D eigenvalue weighted by molar-refractivity contribution is -0.118. The fourth-order valence-electron chi connectivity index (χ4n) is 3.06. The van der Waals surface area contributed by atoms with E-state index in [0.717, 1.165) is 38.0 Å². The van der Waals surface area contributed by atoms with Gasteiger partial charge in [0.05, 0.1) is 0 Å². The third-order valence-corrected chi connectivity index (χ3v) is 4.58. The summed E-state index contributed by atoms with van der Waals surface area (Å²) >= 11 is 0.